The summed E-state index contributed by atoms with van der Waals surface area (Å²) in [6, 6.07) is 13.1. The van der Waals surface area contributed by atoms with Crippen LogP contribution in [0.5, 0.6) is 0 Å². The quantitative estimate of drug-likeness (QED) is 0.785. The third kappa shape index (κ3) is 4.76. The summed E-state index contributed by atoms with van der Waals surface area (Å²) >= 11 is 7.33. The van der Waals surface area contributed by atoms with Crippen LogP contribution in [-0.2, 0) is 4.79 Å². The van der Waals surface area contributed by atoms with Crippen LogP contribution in [0.25, 0.3) is 0 Å². The van der Waals surface area contributed by atoms with Gasteiger partial charge in [-0.1, -0.05) is 18.5 Å². The van der Waals surface area contributed by atoms with Crippen LogP contribution in [0.15, 0.2) is 53.4 Å². The summed E-state index contributed by atoms with van der Waals surface area (Å²) in [5.74, 6) is -0.417. The van der Waals surface area contributed by atoms with Gasteiger partial charge in [-0.25, -0.2) is 4.39 Å². The molecule has 1 N–H and O–H groups in total. The monoisotopic (exact) mass is 323 g/mol. The molecule has 0 spiro atoms. The molecule has 110 valence electrons. The molecule has 21 heavy (non-hydrogen) atoms. The predicted octanol–water partition coefficient (Wildman–Crippen LogP) is 4.99. The molecule has 2 aromatic rings. The highest BCUT2D eigenvalue weighted by Gasteiger charge is 2.18. The third-order valence-electron chi connectivity index (χ3n) is 2.87. The Kier molecular flexibility index (Phi) is 5.65. The molecule has 0 bridgehead atoms. The van der Waals surface area contributed by atoms with E-state index in [1.54, 1.807) is 24.3 Å². The highest BCUT2D eigenvalue weighted by Crippen LogP contribution is 2.27. The molecule has 2 aromatic carbocycles. The van der Waals surface area contributed by atoms with Gasteiger partial charge in [-0.05, 0) is 55.0 Å². The number of anilines is 1. The fourth-order valence-electron chi connectivity index (χ4n) is 1.76. The van der Waals surface area contributed by atoms with Crippen LogP contribution in [0.3, 0.4) is 0 Å². The Hall–Kier alpha value is -1.52. The van der Waals surface area contributed by atoms with Crippen molar-refractivity contribution >= 4 is 35.0 Å². The van der Waals surface area contributed by atoms with Crippen LogP contribution in [0.1, 0.15) is 13.3 Å². The Bertz CT molecular complexity index is 601. The van der Waals surface area contributed by atoms with E-state index < -0.39 is 0 Å². The van der Waals surface area contributed by atoms with Crippen molar-refractivity contribution in [3.05, 3.63) is 59.4 Å². The second kappa shape index (κ2) is 7.48. The van der Waals surface area contributed by atoms with E-state index in [0.717, 1.165) is 4.90 Å². The van der Waals surface area contributed by atoms with Gasteiger partial charge in [0.25, 0.3) is 0 Å². The van der Waals surface area contributed by atoms with Gasteiger partial charge in [0.15, 0.2) is 0 Å². The van der Waals surface area contributed by atoms with Crippen LogP contribution >= 0.6 is 23.4 Å². The Morgan fingerprint density at radius 3 is 2.38 bits per heavy atom. The SMILES string of the molecule is CCC(Sc1ccc(Cl)cc1)C(=O)Nc1ccc(F)cc1. The molecule has 5 heteroatoms. The molecule has 1 unspecified atom stereocenters. The minimum absolute atomic E-state index is 0.0935. The topological polar surface area (TPSA) is 29.1 Å². The third-order valence-corrected chi connectivity index (χ3v) is 4.50. The van der Waals surface area contributed by atoms with Crippen molar-refractivity contribution in [1.82, 2.24) is 0 Å². The molecule has 0 radical (unpaired) electrons. The first kappa shape index (κ1) is 15.9. The summed E-state index contributed by atoms with van der Waals surface area (Å²) in [7, 11) is 0. The van der Waals surface area contributed by atoms with Crippen molar-refractivity contribution in [3.63, 3.8) is 0 Å². The largest absolute Gasteiger partial charge is 0.325 e. The van der Waals surface area contributed by atoms with Crippen molar-refractivity contribution in [1.29, 1.82) is 0 Å². The van der Waals surface area contributed by atoms with E-state index in [2.05, 4.69) is 5.32 Å². The van der Waals surface area contributed by atoms with Crippen molar-refractivity contribution in [3.8, 4) is 0 Å². The van der Waals surface area contributed by atoms with Crippen LogP contribution in [0.2, 0.25) is 5.02 Å². The number of halogens is 2. The second-order valence-corrected chi connectivity index (χ2v) is 6.18. The van der Waals surface area contributed by atoms with E-state index in [0.29, 0.717) is 17.1 Å². The fraction of sp³-hybridized carbons (Fsp3) is 0.188. The predicted molar refractivity (Wildman–Crippen MR) is 86.4 cm³/mol. The van der Waals surface area contributed by atoms with E-state index in [-0.39, 0.29) is 17.0 Å². The van der Waals surface area contributed by atoms with Crippen molar-refractivity contribution in [2.24, 2.45) is 0 Å². The molecule has 1 amide bonds. The number of hydrogen-bond acceptors (Lipinski definition) is 2. The minimum atomic E-state index is -0.324. The summed E-state index contributed by atoms with van der Waals surface area (Å²) in [5.41, 5.74) is 0.594. The van der Waals surface area contributed by atoms with Gasteiger partial charge in [0.1, 0.15) is 5.82 Å². The van der Waals surface area contributed by atoms with Gasteiger partial charge in [0.05, 0.1) is 5.25 Å². The summed E-state index contributed by atoms with van der Waals surface area (Å²) < 4.78 is 12.8. The van der Waals surface area contributed by atoms with Crippen molar-refractivity contribution < 1.29 is 9.18 Å². The van der Waals surface area contributed by atoms with E-state index in [1.165, 1.54) is 23.9 Å². The lowest BCUT2D eigenvalue weighted by atomic mass is 10.2. The van der Waals surface area contributed by atoms with E-state index >= 15 is 0 Å². The number of carbonyl (C=O) groups excluding carboxylic acids is 1. The first-order valence-corrected chi connectivity index (χ1v) is 7.83. The molecule has 2 nitrogen and oxygen atoms in total. The van der Waals surface area contributed by atoms with Crippen LogP contribution in [-0.4, -0.2) is 11.2 Å². The zero-order valence-corrected chi connectivity index (χ0v) is 13.0. The van der Waals surface area contributed by atoms with E-state index in [4.69, 9.17) is 11.6 Å². The van der Waals surface area contributed by atoms with Gasteiger partial charge in [-0.15, -0.1) is 11.8 Å². The van der Waals surface area contributed by atoms with Gasteiger partial charge in [0.2, 0.25) is 5.91 Å². The molecule has 0 aliphatic rings. The Morgan fingerprint density at radius 1 is 1.19 bits per heavy atom. The highest BCUT2D eigenvalue weighted by atomic mass is 35.5. The first-order chi connectivity index (χ1) is 10.1. The molecule has 0 saturated carbocycles. The standard InChI is InChI=1S/C16H15ClFNOS/c1-2-15(21-14-9-3-11(17)4-10-14)16(20)19-13-7-5-12(18)6-8-13/h3-10,15H,2H2,1H3,(H,19,20). The van der Waals surface area contributed by atoms with Gasteiger partial charge < -0.3 is 5.32 Å². The number of hydrogen-bond donors (Lipinski definition) is 1. The van der Waals surface area contributed by atoms with Crippen LogP contribution in [0.4, 0.5) is 10.1 Å². The minimum Gasteiger partial charge on any atom is -0.325 e. The van der Waals surface area contributed by atoms with E-state index in [9.17, 15) is 9.18 Å². The number of nitrogens with one attached hydrogen (secondary N) is 1. The maximum absolute atomic E-state index is 12.8. The average molecular weight is 324 g/mol. The zero-order valence-electron chi connectivity index (χ0n) is 11.5. The van der Waals surface area contributed by atoms with Crippen molar-refractivity contribution in [2.75, 3.05) is 5.32 Å². The van der Waals surface area contributed by atoms with Gasteiger partial charge in [0, 0.05) is 15.6 Å². The number of thioether (sulfide) groups is 1. The summed E-state index contributed by atoms with van der Waals surface area (Å²) in [4.78, 5) is 13.2. The zero-order chi connectivity index (χ0) is 15.2. The van der Waals surface area contributed by atoms with Crippen molar-refractivity contribution in [2.45, 2.75) is 23.5 Å². The molecule has 0 aromatic heterocycles. The van der Waals surface area contributed by atoms with Crippen LogP contribution < -0.4 is 5.32 Å². The second-order valence-electron chi connectivity index (χ2n) is 4.46. The van der Waals surface area contributed by atoms with Crippen LogP contribution in [0, 0.1) is 5.82 Å². The molecule has 1 atom stereocenters. The smallest absolute Gasteiger partial charge is 0.237 e. The van der Waals surface area contributed by atoms with Gasteiger partial charge in [-0.3, -0.25) is 4.79 Å². The van der Waals surface area contributed by atoms with Gasteiger partial charge >= 0.3 is 0 Å². The lowest BCUT2D eigenvalue weighted by Gasteiger charge is -2.14. The number of carbonyl (C=O) groups is 1. The summed E-state index contributed by atoms with van der Waals surface area (Å²) in [5, 5.41) is 3.26. The highest BCUT2D eigenvalue weighted by molar-refractivity contribution is 8.00. The number of benzene rings is 2. The molecule has 0 fully saturated rings. The molecule has 0 aliphatic carbocycles. The fourth-order valence-corrected chi connectivity index (χ4v) is 2.84. The Labute approximate surface area is 132 Å². The Balaban J connectivity index is 2.01. The normalized spacial score (nSPS) is 12.0. The average Bonchev–Trinajstić information content (AvgIpc) is 2.49. The van der Waals surface area contributed by atoms with Gasteiger partial charge in [-0.2, -0.15) is 0 Å². The summed E-state index contributed by atoms with van der Waals surface area (Å²) in [6.45, 7) is 1.96. The lowest BCUT2D eigenvalue weighted by Crippen LogP contribution is -2.24. The molecule has 2 rings (SSSR count). The number of rotatable bonds is 5. The summed E-state index contributed by atoms with van der Waals surface area (Å²) in [6.07, 6.45) is 0.695. The number of amides is 1. The molecular formula is C16H15ClFNOS. The maximum atomic E-state index is 12.8. The van der Waals surface area contributed by atoms with E-state index in [1.807, 2.05) is 19.1 Å². The lowest BCUT2D eigenvalue weighted by molar-refractivity contribution is -0.115. The Morgan fingerprint density at radius 2 is 1.81 bits per heavy atom. The molecule has 0 aliphatic heterocycles. The molecular weight excluding hydrogens is 309 g/mol. The molecule has 0 heterocycles. The maximum Gasteiger partial charge on any atom is 0.237 e. The first-order valence-electron chi connectivity index (χ1n) is 6.57. The molecule has 0 saturated heterocycles.